The first-order chi connectivity index (χ1) is 7.02. The van der Waals surface area contributed by atoms with E-state index < -0.39 is 12.2 Å². The van der Waals surface area contributed by atoms with Crippen molar-refractivity contribution in [1.29, 1.82) is 0 Å². The number of rotatable bonds is 1. The van der Waals surface area contributed by atoms with Crippen LogP contribution in [0.25, 0.3) is 5.65 Å². The molecule has 0 aliphatic heterocycles. The lowest BCUT2D eigenvalue weighted by Gasteiger charge is -2.06. The van der Waals surface area contributed by atoms with E-state index in [9.17, 15) is 8.78 Å². The van der Waals surface area contributed by atoms with Crippen molar-refractivity contribution in [2.45, 2.75) is 20.3 Å². The molecule has 0 N–H and O–H groups in total. The van der Waals surface area contributed by atoms with Gasteiger partial charge in [0.2, 0.25) is 5.82 Å². The summed E-state index contributed by atoms with van der Waals surface area (Å²) in [5.41, 5.74) is 1.30. The average Bonchev–Trinajstić information content (AvgIpc) is 2.58. The number of aromatic nitrogens is 4. The molecule has 0 saturated heterocycles. The smallest absolute Gasteiger partial charge is 0.274 e. The van der Waals surface area contributed by atoms with Crippen LogP contribution in [-0.2, 0) is 0 Å². The third kappa shape index (κ3) is 1.45. The van der Waals surface area contributed by atoms with E-state index in [0.29, 0.717) is 11.4 Å². The van der Waals surface area contributed by atoms with E-state index in [-0.39, 0.29) is 10.8 Å². The highest BCUT2D eigenvalue weighted by molar-refractivity contribution is 6.32. The highest BCUT2D eigenvalue weighted by Gasteiger charge is 2.20. The molecule has 0 unspecified atom stereocenters. The predicted octanol–water partition coefficient (Wildman–Crippen LogP) is 2.33. The van der Waals surface area contributed by atoms with Crippen molar-refractivity contribution in [3.05, 3.63) is 22.4 Å². The van der Waals surface area contributed by atoms with Crippen LogP contribution in [0.4, 0.5) is 8.78 Å². The Morgan fingerprint density at radius 2 is 1.93 bits per heavy atom. The van der Waals surface area contributed by atoms with Crippen LogP contribution in [0.1, 0.15) is 23.6 Å². The van der Waals surface area contributed by atoms with Gasteiger partial charge in [0.25, 0.3) is 6.43 Å². The third-order valence-corrected chi connectivity index (χ3v) is 2.45. The van der Waals surface area contributed by atoms with E-state index in [1.54, 1.807) is 13.8 Å². The van der Waals surface area contributed by atoms with Crippen molar-refractivity contribution < 1.29 is 8.78 Å². The zero-order chi connectivity index (χ0) is 11.2. The number of fused-ring (bicyclic) bond motifs is 1. The Labute approximate surface area is 88.9 Å². The maximum absolute atomic E-state index is 12.6. The lowest BCUT2D eigenvalue weighted by Crippen LogP contribution is -2.03. The number of alkyl halides is 2. The summed E-state index contributed by atoms with van der Waals surface area (Å²) in [6, 6.07) is 0. The van der Waals surface area contributed by atoms with Gasteiger partial charge in [0, 0.05) is 5.69 Å². The SMILES string of the molecule is Cc1nc(Cl)c2nnc(C(F)F)n2c1C. The summed E-state index contributed by atoms with van der Waals surface area (Å²) < 4.78 is 26.4. The number of hydrogen-bond acceptors (Lipinski definition) is 3. The molecule has 15 heavy (non-hydrogen) atoms. The van der Waals surface area contributed by atoms with Crippen LogP contribution < -0.4 is 0 Å². The zero-order valence-electron chi connectivity index (χ0n) is 8.00. The monoisotopic (exact) mass is 232 g/mol. The molecule has 4 nitrogen and oxygen atoms in total. The van der Waals surface area contributed by atoms with Gasteiger partial charge in [-0.1, -0.05) is 11.6 Å². The first-order valence-electron chi connectivity index (χ1n) is 4.18. The third-order valence-electron chi connectivity index (χ3n) is 2.19. The summed E-state index contributed by atoms with van der Waals surface area (Å²) in [7, 11) is 0. The summed E-state index contributed by atoms with van der Waals surface area (Å²) in [5.74, 6) is -0.408. The molecule has 0 aromatic carbocycles. The predicted molar refractivity (Wildman–Crippen MR) is 50.2 cm³/mol. The fourth-order valence-corrected chi connectivity index (χ4v) is 1.59. The first-order valence-corrected chi connectivity index (χ1v) is 4.56. The first kappa shape index (κ1) is 10.2. The van der Waals surface area contributed by atoms with E-state index in [1.165, 1.54) is 4.40 Å². The molecule has 0 fully saturated rings. The van der Waals surface area contributed by atoms with Crippen molar-refractivity contribution in [2.24, 2.45) is 0 Å². The molecule has 0 saturated carbocycles. The average molecular weight is 233 g/mol. The Kier molecular flexibility index (Phi) is 2.30. The van der Waals surface area contributed by atoms with Crippen LogP contribution in [-0.4, -0.2) is 19.6 Å². The Morgan fingerprint density at radius 1 is 1.27 bits per heavy atom. The number of hydrogen-bond donors (Lipinski definition) is 0. The Hall–Kier alpha value is -1.30. The number of nitrogens with zero attached hydrogens (tertiary/aromatic N) is 4. The largest absolute Gasteiger partial charge is 0.297 e. The second-order valence-corrected chi connectivity index (χ2v) is 3.45. The summed E-state index contributed by atoms with van der Waals surface area (Å²) >= 11 is 5.77. The van der Waals surface area contributed by atoms with Gasteiger partial charge in [0.1, 0.15) is 0 Å². The molecule has 0 bridgehead atoms. The van der Waals surface area contributed by atoms with Crippen LogP contribution in [0, 0.1) is 13.8 Å². The normalized spacial score (nSPS) is 11.6. The van der Waals surface area contributed by atoms with Gasteiger partial charge in [-0.25, -0.2) is 13.8 Å². The van der Waals surface area contributed by atoms with Crippen molar-refractivity contribution >= 4 is 17.2 Å². The Balaban J connectivity index is 2.89. The molecule has 0 spiro atoms. The van der Waals surface area contributed by atoms with E-state index in [4.69, 9.17) is 11.6 Å². The summed E-state index contributed by atoms with van der Waals surface area (Å²) in [5, 5.41) is 7.06. The molecule has 2 aromatic heterocycles. The van der Waals surface area contributed by atoms with Crippen molar-refractivity contribution in [2.75, 3.05) is 0 Å². The van der Waals surface area contributed by atoms with Gasteiger partial charge < -0.3 is 0 Å². The maximum Gasteiger partial charge on any atom is 0.297 e. The second-order valence-electron chi connectivity index (χ2n) is 3.09. The van der Waals surface area contributed by atoms with Crippen molar-refractivity contribution in [3.63, 3.8) is 0 Å². The van der Waals surface area contributed by atoms with Crippen LogP contribution in [0.15, 0.2) is 0 Å². The number of aryl methyl sites for hydroxylation is 2. The molecular weight excluding hydrogens is 226 g/mol. The minimum atomic E-state index is -2.68. The van der Waals surface area contributed by atoms with Gasteiger partial charge in [-0.05, 0) is 13.8 Å². The quantitative estimate of drug-likeness (QED) is 0.758. The van der Waals surface area contributed by atoms with Gasteiger partial charge >= 0.3 is 0 Å². The van der Waals surface area contributed by atoms with Crippen LogP contribution >= 0.6 is 11.6 Å². The van der Waals surface area contributed by atoms with E-state index >= 15 is 0 Å². The van der Waals surface area contributed by atoms with E-state index in [1.807, 2.05) is 0 Å². The van der Waals surface area contributed by atoms with Crippen molar-refractivity contribution in [1.82, 2.24) is 19.6 Å². The van der Waals surface area contributed by atoms with Gasteiger partial charge in [-0.2, -0.15) is 0 Å². The number of halogens is 3. The fraction of sp³-hybridized carbons (Fsp3) is 0.375. The summed E-state index contributed by atoms with van der Waals surface area (Å²) in [6.45, 7) is 3.36. The molecule has 2 heterocycles. The van der Waals surface area contributed by atoms with E-state index in [0.717, 1.165) is 0 Å². The Morgan fingerprint density at radius 3 is 2.53 bits per heavy atom. The van der Waals surface area contributed by atoms with Crippen LogP contribution in [0.5, 0.6) is 0 Å². The minimum Gasteiger partial charge on any atom is -0.274 e. The summed E-state index contributed by atoms with van der Waals surface area (Å²) in [4.78, 5) is 3.97. The highest BCUT2D eigenvalue weighted by atomic mass is 35.5. The molecule has 0 aliphatic rings. The molecule has 0 radical (unpaired) electrons. The van der Waals surface area contributed by atoms with Gasteiger partial charge in [-0.15, -0.1) is 10.2 Å². The molecule has 2 rings (SSSR count). The van der Waals surface area contributed by atoms with Crippen molar-refractivity contribution in [3.8, 4) is 0 Å². The standard InChI is InChI=1S/C8H7ClF2N4/c1-3-4(2)15-7(5(9)12-3)13-14-8(15)6(10)11/h6H,1-2H3. The molecule has 0 atom stereocenters. The fourth-order valence-electron chi connectivity index (χ4n) is 1.34. The molecule has 0 aliphatic carbocycles. The second kappa shape index (κ2) is 3.37. The lowest BCUT2D eigenvalue weighted by atomic mass is 10.3. The van der Waals surface area contributed by atoms with Crippen LogP contribution in [0.2, 0.25) is 5.15 Å². The lowest BCUT2D eigenvalue weighted by molar-refractivity contribution is 0.139. The molecular formula is C8H7ClF2N4. The topological polar surface area (TPSA) is 43.1 Å². The maximum atomic E-state index is 12.6. The zero-order valence-corrected chi connectivity index (χ0v) is 8.76. The minimum absolute atomic E-state index is 0.0810. The van der Waals surface area contributed by atoms with Gasteiger partial charge in [0.05, 0.1) is 5.69 Å². The highest BCUT2D eigenvalue weighted by Crippen LogP contribution is 2.23. The van der Waals surface area contributed by atoms with E-state index in [2.05, 4.69) is 15.2 Å². The molecule has 2 aromatic rings. The van der Waals surface area contributed by atoms with Crippen LogP contribution in [0.3, 0.4) is 0 Å². The molecule has 0 amide bonds. The molecule has 7 heteroatoms. The van der Waals surface area contributed by atoms with Gasteiger partial charge in [0.15, 0.2) is 10.8 Å². The van der Waals surface area contributed by atoms with Gasteiger partial charge in [-0.3, -0.25) is 4.40 Å². The summed E-state index contributed by atoms with van der Waals surface area (Å²) in [6.07, 6.45) is -2.68. The molecule has 80 valence electrons. The Bertz CT molecular complexity index is 523.